The van der Waals surface area contributed by atoms with Gasteiger partial charge in [-0.1, -0.05) is 55.5 Å². The Balaban J connectivity index is 2.01. The fourth-order valence-electron chi connectivity index (χ4n) is 2.63. The maximum atomic E-state index is 7.66. The van der Waals surface area contributed by atoms with E-state index in [4.69, 9.17) is 11.3 Å². The number of ether oxygens (including phenoxy) is 1. The number of fused-ring (bicyclic) bond motifs is 1. The molecule has 0 aliphatic heterocycles. The molecular formula is C20H17NO. The topological polar surface area (TPSA) is 13.6 Å². The number of hydrogen-bond acceptors (Lipinski definition) is 1. The number of nitrogens with zero attached hydrogens (tertiary/aromatic N) is 1. The van der Waals surface area contributed by atoms with E-state index in [1.807, 2.05) is 67.6 Å². The smallest absolute Gasteiger partial charge is 0.402 e. The molecule has 0 amide bonds. The van der Waals surface area contributed by atoms with Gasteiger partial charge in [0.15, 0.2) is 0 Å². The van der Waals surface area contributed by atoms with Crippen LogP contribution in [0.15, 0.2) is 72.8 Å². The SMILES string of the molecule is [C-]#[N+]C(CC)(Oc1ccc2ccccc2c1)c1ccccc1. The van der Waals surface area contributed by atoms with Gasteiger partial charge in [0.1, 0.15) is 5.75 Å². The second-order valence-electron chi connectivity index (χ2n) is 5.23. The van der Waals surface area contributed by atoms with Gasteiger partial charge in [-0.2, -0.15) is 0 Å². The van der Waals surface area contributed by atoms with Crippen molar-refractivity contribution >= 4 is 10.8 Å². The molecule has 3 aromatic rings. The molecule has 1 atom stereocenters. The molecule has 0 aliphatic carbocycles. The van der Waals surface area contributed by atoms with Crippen LogP contribution < -0.4 is 4.74 Å². The molecule has 0 fully saturated rings. The van der Waals surface area contributed by atoms with Gasteiger partial charge in [-0.25, -0.2) is 6.57 Å². The molecule has 0 N–H and O–H groups in total. The molecule has 2 heteroatoms. The number of hydrogen-bond donors (Lipinski definition) is 0. The quantitative estimate of drug-likeness (QED) is 0.586. The second kappa shape index (κ2) is 5.91. The van der Waals surface area contributed by atoms with Crippen LogP contribution in [0.3, 0.4) is 0 Å². The van der Waals surface area contributed by atoms with E-state index in [-0.39, 0.29) is 0 Å². The van der Waals surface area contributed by atoms with Gasteiger partial charge in [0.05, 0.1) is 12.0 Å². The monoisotopic (exact) mass is 287 g/mol. The molecule has 0 saturated carbocycles. The van der Waals surface area contributed by atoms with Crippen molar-refractivity contribution in [2.24, 2.45) is 0 Å². The Morgan fingerprint density at radius 1 is 0.909 bits per heavy atom. The molecule has 2 nitrogen and oxygen atoms in total. The first-order valence-corrected chi connectivity index (χ1v) is 7.39. The molecule has 0 heterocycles. The van der Waals surface area contributed by atoms with E-state index in [1.165, 1.54) is 5.39 Å². The Labute approximate surface area is 130 Å². The molecule has 1 unspecified atom stereocenters. The molecule has 108 valence electrons. The van der Waals surface area contributed by atoms with Gasteiger partial charge >= 0.3 is 5.72 Å². The highest BCUT2D eigenvalue weighted by Crippen LogP contribution is 2.34. The molecule has 0 radical (unpaired) electrons. The highest BCUT2D eigenvalue weighted by atomic mass is 16.5. The van der Waals surface area contributed by atoms with E-state index in [2.05, 4.69) is 17.0 Å². The summed E-state index contributed by atoms with van der Waals surface area (Å²) in [5.41, 5.74) is -0.0790. The lowest BCUT2D eigenvalue weighted by Crippen LogP contribution is -2.28. The summed E-state index contributed by atoms with van der Waals surface area (Å²) in [6, 6.07) is 23.8. The van der Waals surface area contributed by atoms with E-state index in [9.17, 15) is 0 Å². The average molecular weight is 287 g/mol. The first-order valence-electron chi connectivity index (χ1n) is 7.39. The normalized spacial score (nSPS) is 13.3. The van der Waals surface area contributed by atoms with Crippen molar-refractivity contribution < 1.29 is 4.74 Å². The van der Waals surface area contributed by atoms with Crippen LogP contribution in [-0.4, -0.2) is 0 Å². The molecule has 0 bridgehead atoms. The van der Waals surface area contributed by atoms with Crippen LogP contribution in [-0.2, 0) is 5.72 Å². The van der Waals surface area contributed by atoms with Gasteiger partial charge < -0.3 is 4.74 Å². The van der Waals surface area contributed by atoms with Crippen molar-refractivity contribution in [1.29, 1.82) is 0 Å². The van der Waals surface area contributed by atoms with Crippen molar-refractivity contribution in [1.82, 2.24) is 0 Å². The minimum atomic E-state index is -0.969. The summed E-state index contributed by atoms with van der Waals surface area (Å²) in [5.74, 6) is 0.723. The Hall–Kier alpha value is -2.79. The summed E-state index contributed by atoms with van der Waals surface area (Å²) in [7, 11) is 0. The summed E-state index contributed by atoms with van der Waals surface area (Å²) in [5, 5.41) is 2.28. The Morgan fingerprint density at radius 3 is 2.27 bits per heavy atom. The van der Waals surface area contributed by atoms with Gasteiger partial charge in [0.25, 0.3) is 0 Å². The first kappa shape index (κ1) is 14.2. The Kier molecular flexibility index (Phi) is 3.80. The predicted molar refractivity (Wildman–Crippen MR) is 89.6 cm³/mol. The lowest BCUT2D eigenvalue weighted by atomic mass is 10.0. The minimum absolute atomic E-state index is 0.591. The number of benzene rings is 3. The van der Waals surface area contributed by atoms with E-state index >= 15 is 0 Å². The number of rotatable bonds is 4. The highest BCUT2D eigenvalue weighted by Gasteiger charge is 2.39. The van der Waals surface area contributed by atoms with Crippen LogP contribution in [0.2, 0.25) is 0 Å². The van der Waals surface area contributed by atoms with Crippen LogP contribution in [0.5, 0.6) is 5.75 Å². The van der Waals surface area contributed by atoms with Crippen LogP contribution in [0.1, 0.15) is 18.9 Å². The van der Waals surface area contributed by atoms with Crippen molar-refractivity contribution in [2.45, 2.75) is 19.1 Å². The van der Waals surface area contributed by atoms with Gasteiger partial charge in [-0.3, -0.25) is 4.85 Å². The predicted octanol–water partition coefficient (Wildman–Crippen LogP) is 5.40. The van der Waals surface area contributed by atoms with Crippen LogP contribution in [0.25, 0.3) is 15.6 Å². The van der Waals surface area contributed by atoms with E-state index in [0.29, 0.717) is 6.42 Å². The Morgan fingerprint density at radius 2 is 1.59 bits per heavy atom. The van der Waals surface area contributed by atoms with Crippen molar-refractivity contribution in [3.05, 3.63) is 89.8 Å². The maximum absolute atomic E-state index is 7.66. The van der Waals surface area contributed by atoms with E-state index in [0.717, 1.165) is 16.7 Å². The van der Waals surface area contributed by atoms with Crippen molar-refractivity contribution in [3.8, 4) is 5.75 Å². The molecule has 0 saturated heterocycles. The van der Waals surface area contributed by atoms with Crippen molar-refractivity contribution in [2.75, 3.05) is 0 Å². The zero-order chi connectivity index (χ0) is 15.4. The summed E-state index contributed by atoms with van der Waals surface area (Å²) in [6.45, 7) is 9.64. The summed E-state index contributed by atoms with van der Waals surface area (Å²) >= 11 is 0. The maximum Gasteiger partial charge on any atom is 0.402 e. The molecule has 0 spiro atoms. The molecule has 3 aromatic carbocycles. The lowest BCUT2D eigenvalue weighted by molar-refractivity contribution is 0.112. The van der Waals surface area contributed by atoms with Gasteiger partial charge in [-0.15, -0.1) is 0 Å². The third-order valence-corrected chi connectivity index (χ3v) is 3.89. The standard InChI is InChI=1S/C20H17NO/c1-3-20(21-2,18-11-5-4-6-12-18)22-19-14-13-16-9-7-8-10-17(16)15-19/h4-15H,3H2,1H3. The molecule has 3 rings (SSSR count). The minimum Gasteiger partial charge on any atom is -0.418 e. The highest BCUT2D eigenvalue weighted by molar-refractivity contribution is 5.83. The first-order chi connectivity index (χ1) is 10.8. The zero-order valence-corrected chi connectivity index (χ0v) is 12.5. The third kappa shape index (κ3) is 2.54. The van der Waals surface area contributed by atoms with Gasteiger partial charge in [0, 0.05) is 0 Å². The van der Waals surface area contributed by atoms with Crippen LogP contribution >= 0.6 is 0 Å². The van der Waals surface area contributed by atoms with Crippen molar-refractivity contribution in [3.63, 3.8) is 0 Å². The Bertz CT molecular complexity index is 820. The van der Waals surface area contributed by atoms with E-state index < -0.39 is 5.72 Å². The fourth-order valence-corrected chi connectivity index (χ4v) is 2.63. The summed E-state index contributed by atoms with van der Waals surface area (Å²) in [4.78, 5) is 3.81. The lowest BCUT2D eigenvalue weighted by Gasteiger charge is -2.22. The summed E-state index contributed by atoms with van der Waals surface area (Å²) in [6.07, 6.45) is 0.591. The molecule has 0 aromatic heterocycles. The van der Waals surface area contributed by atoms with Gasteiger partial charge in [0.2, 0.25) is 0 Å². The van der Waals surface area contributed by atoms with E-state index in [1.54, 1.807) is 0 Å². The average Bonchev–Trinajstić information content (AvgIpc) is 2.60. The fraction of sp³-hybridized carbons (Fsp3) is 0.150. The molecule has 0 aliphatic rings. The zero-order valence-electron chi connectivity index (χ0n) is 12.5. The van der Waals surface area contributed by atoms with Crippen LogP contribution in [0.4, 0.5) is 0 Å². The third-order valence-electron chi connectivity index (χ3n) is 3.89. The second-order valence-corrected chi connectivity index (χ2v) is 5.23. The van der Waals surface area contributed by atoms with Gasteiger partial charge in [-0.05, 0) is 35.0 Å². The molecular weight excluding hydrogens is 270 g/mol. The molecule has 22 heavy (non-hydrogen) atoms. The largest absolute Gasteiger partial charge is 0.418 e. The summed E-state index contributed by atoms with van der Waals surface area (Å²) < 4.78 is 6.14. The van der Waals surface area contributed by atoms with Crippen LogP contribution in [0, 0.1) is 6.57 Å².